The van der Waals surface area contributed by atoms with Crippen LogP contribution < -0.4 is 20.8 Å². The van der Waals surface area contributed by atoms with Gasteiger partial charge in [0, 0.05) is 30.8 Å². The van der Waals surface area contributed by atoms with Crippen molar-refractivity contribution in [2.45, 2.75) is 27.4 Å². The van der Waals surface area contributed by atoms with Gasteiger partial charge >= 0.3 is 6.03 Å². The van der Waals surface area contributed by atoms with Crippen LogP contribution in [0.25, 0.3) is 11.3 Å². The van der Waals surface area contributed by atoms with Gasteiger partial charge in [-0.3, -0.25) is 4.68 Å². The Morgan fingerprint density at radius 2 is 1.84 bits per heavy atom. The van der Waals surface area contributed by atoms with E-state index in [4.69, 9.17) is 16.3 Å². The number of hydrogen-bond acceptors (Lipinski definition) is 5. The molecular weight excluding hydrogens is 416 g/mol. The number of anilines is 1. The molecule has 162 valence electrons. The summed E-state index contributed by atoms with van der Waals surface area (Å²) in [5.74, 6) is 0.772. The normalized spacial score (nSPS) is 13.9. The molecule has 1 fully saturated rings. The minimum atomic E-state index is -0.197. The maximum atomic E-state index is 12.4. The molecule has 3 aromatic rings. The molecule has 8 nitrogen and oxygen atoms in total. The zero-order valence-electron chi connectivity index (χ0n) is 18.2. The van der Waals surface area contributed by atoms with Gasteiger partial charge in [-0.15, -0.1) is 11.1 Å². The van der Waals surface area contributed by atoms with E-state index in [-0.39, 0.29) is 6.03 Å². The van der Waals surface area contributed by atoms with Crippen molar-refractivity contribution in [3.8, 4) is 17.0 Å². The van der Waals surface area contributed by atoms with Gasteiger partial charge in [0.15, 0.2) is 0 Å². The van der Waals surface area contributed by atoms with Crippen molar-refractivity contribution in [3.05, 3.63) is 63.8 Å². The van der Waals surface area contributed by atoms with Crippen LogP contribution in [0.3, 0.4) is 0 Å². The Labute approximate surface area is 186 Å². The number of nitrogens with one attached hydrogen (secondary N) is 2. The van der Waals surface area contributed by atoms with Crippen LogP contribution in [-0.4, -0.2) is 27.9 Å². The Morgan fingerprint density at radius 1 is 1.06 bits per heavy atom. The molecule has 2 N–H and O–H groups in total. The highest BCUT2D eigenvalue weighted by molar-refractivity contribution is 6.30. The Bertz CT molecular complexity index is 1160. The van der Waals surface area contributed by atoms with Gasteiger partial charge in [0.1, 0.15) is 17.5 Å². The van der Waals surface area contributed by atoms with Gasteiger partial charge in [0.2, 0.25) is 0 Å². The predicted molar refractivity (Wildman–Crippen MR) is 121 cm³/mol. The van der Waals surface area contributed by atoms with E-state index in [2.05, 4.69) is 16.2 Å². The van der Waals surface area contributed by atoms with Crippen LogP contribution in [0.5, 0.6) is 5.75 Å². The molecule has 1 aromatic heterocycles. The van der Waals surface area contributed by atoms with E-state index in [1.807, 2.05) is 64.2 Å². The van der Waals surface area contributed by atoms with Gasteiger partial charge in [-0.05, 0) is 56.2 Å². The lowest BCUT2D eigenvalue weighted by Crippen LogP contribution is -2.38. The summed E-state index contributed by atoms with van der Waals surface area (Å²) in [6.07, 6.45) is 0. The first-order valence-electron chi connectivity index (χ1n) is 9.88. The van der Waals surface area contributed by atoms with Gasteiger partial charge in [0.25, 0.3) is 0 Å². The summed E-state index contributed by atoms with van der Waals surface area (Å²) in [6, 6.07) is 11.6. The number of carbonyl (C=O) groups is 1. The molecule has 2 amide bonds. The number of urea groups is 1. The first-order chi connectivity index (χ1) is 14.8. The summed E-state index contributed by atoms with van der Waals surface area (Å²) in [6.45, 7) is 6.29. The molecule has 0 unspecified atom stereocenters. The molecule has 0 bridgehead atoms. The summed E-state index contributed by atoms with van der Waals surface area (Å²) < 4.78 is 7.84. The lowest BCUT2D eigenvalue weighted by molar-refractivity contribution is 0.214. The van der Waals surface area contributed by atoms with E-state index < -0.39 is 0 Å². The third-order valence-electron chi connectivity index (χ3n) is 5.45. The third-order valence-corrected chi connectivity index (χ3v) is 5.98. The molecule has 0 aliphatic carbocycles. The maximum Gasteiger partial charge on any atom is 0.355 e. The summed E-state index contributed by atoms with van der Waals surface area (Å²) in [4.78, 5) is 12.4. The number of amides is 2. The lowest BCUT2D eigenvalue weighted by atomic mass is 10.1. The molecular formula is C22H25ClN6O2. The molecule has 0 saturated carbocycles. The van der Waals surface area contributed by atoms with Crippen molar-refractivity contribution in [2.75, 3.05) is 12.1 Å². The molecule has 1 aliphatic heterocycles. The Kier molecular flexibility index (Phi) is 5.62. The largest absolute Gasteiger partial charge is 0.489 e. The third kappa shape index (κ3) is 3.85. The molecule has 0 radical (unpaired) electrons. The van der Waals surface area contributed by atoms with Crippen LogP contribution in [0.1, 0.15) is 22.3 Å². The monoisotopic (exact) mass is 440 g/mol. The van der Waals surface area contributed by atoms with E-state index in [0.29, 0.717) is 11.8 Å². The number of aromatic nitrogens is 2. The smallest absolute Gasteiger partial charge is 0.355 e. The fourth-order valence-electron chi connectivity index (χ4n) is 3.61. The number of ether oxygens (including phenoxy) is 1. The van der Waals surface area contributed by atoms with Gasteiger partial charge in [-0.1, -0.05) is 23.7 Å². The number of hydrogen-bond donors (Lipinski definition) is 2. The number of rotatable bonds is 5. The summed E-state index contributed by atoms with van der Waals surface area (Å²) in [5.41, 5.74) is 12.1. The molecule has 4 rings (SSSR count). The quantitative estimate of drug-likeness (QED) is 0.626. The molecule has 0 atom stereocenters. The fraction of sp³-hybridized carbons (Fsp3) is 0.273. The van der Waals surface area contributed by atoms with Crippen molar-refractivity contribution in [1.82, 2.24) is 25.9 Å². The summed E-state index contributed by atoms with van der Waals surface area (Å²) >= 11 is 6.27. The summed E-state index contributed by atoms with van der Waals surface area (Å²) in [5, 5.41) is 7.99. The van der Waals surface area contributed by atoms with Gasteiger partial charge in [-0.2, -0.15) is 5.10 Å². The highest BCUT2D eigenvalue weighted by Crippen LogP contribution is 2.32. The molecule has 9 heteroatoms. The second-order valence-electron chi connectivity index (χ2n) is 7.63. The topological polar surface area (TPSA) is 74.7 Å². The van der Waals surface area contributed by atoms with E-state index >= 15 is 0 Å². The van der Waals surface area contributed by atoms with Crippen LogP contribution in [-0.2, 0) is 13.7 Å². The molecule has 31 heavy (non-hydrogen) atoms. The van der Waals surface area contributed by atoms with E-state index in [1.165, 1.54) is 10.0 Å². The van der Waals surface area contributed by atoms with Gasteiger partial charge in [-0.25, -0.2) is 14.8 Å². The van der Waals surface area contributed by atoms with Gasteiger partial charge in [0.05, 0.1) is 11.4 Å². The zero-order valence-corrected chi connectivity index (χ0v) is 18.9. The van der Waals surface area contributed by atoms with E-state index in [0.717, 1.165) is 44.9 Å². The maximum absolute atomic E-state index is 12.4. The standard InChI is InChI=1S/C22H25ClN6O2/c1-13-7-6-8-18(29-22(30)28(5)25-26-29)17(13)12-31-19-10-9-16(11-14(19)2)20-15(3)21(23)27(4)24-20/h6-11,25-26H,12H2,1-5H3. The average molecular weight is 441 g/mol. The zero-order chi connectivity index (χ0) is 22.3. The second kappa shape index (κ2) is 8.22. The van der Waals surface area contributed by atoms with Crippen LogP contribution in [0.2, 0.25) is 5.15 Å². The number of benzene rings is 2. The minimum Gasteiger partial charge on any atom is -0.489 e. The Hall–Kier alpha value is -3.07. The van der Waals surface area contributed by atoms with Crippen LogP contribution in [0.15, 0.2) is 36.4 Å². The molecule has 0 spiro atoms. The van der Waals surface area contributed by atoms with Crippen LogP contribution in [0.4, 0.5) is 10.5 Å². The van der Waals surface area contributed by atoms with Crippen molar-refractivity contribution in [2.24, 2.45) is 7.05 Å². The SMILES string of the molecule is Cc1cc(-c2nn(C)c(Cl)c2C)ccc1OCc1c(C)cccc1N1NNN(C)C1=O. The number of aryl methyl sites for hydroxylation is 3. The number of halogens is 1. The molecule has 2 aromatic carbocycles. The van der Waals surface area contributed by atoms with Crippen LogP contribution >= 0.6 is 11.6 Å². The number of hydrazine groups is 3. The van der Waals surface area contributed by atoms with Gasteiger partial charge < -0.3 is 4.74 Å². The van der Waals surface area contributed by atoms with Crippen molar-refractivity contribution < 1.29 is 9.53 Å². The highest BCUT2D eigenvalue weighted by Gasteiger charge is 2.28. The first-order valence-corrected chi connectivity index (χ1v) is 10.3. The molecule has 1 aliphatic rings. The predicted octanol–water partition coefficient (Wildman–Crippen LogP) is 4.04. The Balaban J connectivity index is 1.58. The van der Waals surface area contributed by atoms with Crippen molar-refractivity contribution in [3.63, 3.8) is 0 Å². The summed E-state index contributed by atoms with van der Waals surface area (Å²) in [7, 11) is 3.49. The number of carbonyl (C=O) groups excluding carboxylic acids is 1. The second-order valence-corrected chi connectivity index (χ2v) is 7.99. The lowest BCUT2D eigenvalue weighted by Gasteiger charge is -2.20. The minimum absolute atomic E-state index is 0.197. The highest BCUT2D eigenvalue weighted by atomic mass is 35.5. The first kappa shape index (κ1) is 21.2. The van der Waals surface area contributed by atoms with Crippen molar-refractivity contribution in [1.29, 1.82) is 0 Å². The fourth-order valence-corrected chi connectivity index (χ4v) is 3.74. The van der Waals surface area contributed by atoms with Crippen molar-refractivity contribution >= 4 is 23.3 Å². The number of nitrogens with zero attached hydrogens (tertiary/aromatic N) is 4. The molecule has 1 saturated heterocycles. The average Bonchev–Trinajstić information content (AvgIpc) is 3.21. The van der Waals surface area contributed by atoms with E-state index in [1.54, 1.807) is 11.7 Å². The van der Waals surface area contributed by atoms with Crippen LogP contribution in [0, 0.1) is 20.8 Å². The van der Waals surface area contributed by atoms with E-state index in [9.17, 15) is 4.79 Å². The Morgan fingerprint density at radius 3 is 2.45 bits per heavy atom. The molecule has 2 heterocycles.